The van der Waals surface area contributed by atoms with E-state index in [9.17, 15) is 4.79 Å². The Morgan fingerprint density at radius 1 is 1.67 bits per heavy atom. The number of rotatable bonds is 1. The van der Waals surface area contributed by atoms with Crippen LogP contribution in [0.3, 0.4) is 0 Å². The summed E-state index contributed by atoms with van der Waals surface area (Å²) in [6.45, 7) is 0. The Balaban J connectivity index is 2.48. The highest BCUT2D eigenvalue weighted by atomic mass is 16.3. The minimum Gasteiger partial charge on any atom is -0.393 e. The quantitative estimate of drug-likeness (QED) is 0.410. The Morgan fingerprint density at radius 3 is 2.89 bits per heavy atom. The van der Waals surface area contributed by atoms with Crippen molar-refractivity contribution < 1.29 is 9.90 Å². The molecule has 0 heterocycles. The number of hydrogen-bond donors (Lipinski definition) is 1. The van der Waals surface area contributed by atoms with Crippen molar-refractivity contribution in [1.82, 2.24) is 0 Å². The summed E-state index contributed by atoms with van der Waals surface area (Å²) >= 11 is 0. The monoisotopic (exact) mass is 126 g/mol. The van der Waals surface area contributed by atoms with Crippen LogP contribution in [0.15, 0.2) is 12.2 Å². The van der Waals surface area contributed by atoms with Gasteiger partial charge in [0.05, 0.1) is 6.10 Å². The second-order valence-corrected chi connectivity index (χ2v) is 2.35. The number of carbonyl (C=O) groups is 1. The molecule has 1 aliphatic carbocycles. The van der Waals surface area contributed by atoms with Gasteiger partial charge in [-0.15, -0.1) is 0 Å². The molecular formula is C7H10O2. The Hall–Kier alpha value is -0.630. The third kappa shape index (κ3) is 1.64. The number of aliphatic hydroxyl groups excluding tert-OH is 1. The molecule has 0 radical (unpaired) electrons. The third-order valence-electron chi connectivity index (χ3n) is 1.51. The van der Waals surface area contributed by atoms with Gasteiger partial charge < -0.3 is 9.90 Å². The molecule has 1 aliphatic rings. The van der Waals surface area contributed by atoms with Crippen LogP contribution in [0.25, 0.3) is 0 Å². The number of carbonyl (C=O) groups excluding carboxylic acids is 1. The first-order valence-electron chi connectivity index (χ1n) is 3.13. The lowest BCUT2D eigenvalue weighted by atomic mass is 9.95. The maximum Gasteiger partial charge on any atom is 0.126 e. The van der Waals surface area contributed by atoms with E-state index in [1.54, 1.807) is 0 Å². The molecule has 1 rings (SSSR count). The zero-order valence-electron chi connectivity index (χ0n) is 5.16. The first-order valence-corrected chi connectivity index (χ1v) is 3.13. The van der Waals surface area contributed by atoms with Crippen LogP contribution in [-0.4, -0.2) is 17.5 Å². The number of aliphatic hydroxyl groups is 1. The van der Waals surface area contributed by atoms with E-state index in [2.05, 4.69) is 0 Å². The van der Waals surface area contributed by atoms with E-state index in [0.717, 1.165) is 6.29 Å². The number of allylic oxidation sites excluding steroid dienone is 1. The Bertz CT molecular complexity index is 129. The molecule has 0 aromatic heterocycles. The highest BCUT2D eigenvalue weighted by molar-refractivity contribution is 5.56. The summed E-state index contributed by atoms with van der Waals surface area (Å²) in [7, 11) is 0. The standard InChI is InChI=1S/C7H10O2/c8-5-6-2-1-3-7(9)4-6/h1-2,5-7,9H,3-4H2. The normalized spacial score (nSPS) is 34.3. The fraction of sp³-hybridized carbons (Fsp3) is 0.571. The van der Waals surface area contributed by atoms with E-state index in [-0.39, 0.29) is 12.0 Å². The molecule has 0 spiro atoms. The summed E-state index contributed by atoms with van der Waals surface area (Å²) in [4.78, 5) is 10.1. The highest BCUT2D eigenvalue weighted by Crippen LogP contribution is 2.14. The average Bonchev–Trinajstić information content (AvgIpc) is 1.88. The van der Waals surface area contributed by atoms with E-state index in [4.69, 9.17) is 5.11 Å². The molecule has 1 N–H and O–H groups in total. The molecule has 0 aromatic rings. The smallest absolute Gasteiger partial charge is 0.126 e. The molecule has 2 heteroatoms. The minimum absolute atomic E-state index is 0.0475. The lowest BCUT2D eigenvalue weighted by molar-refractivity contribution is -0.110. The molecule has 2 unspecified atom stereocenters. The van der Waals surface area contributed by atoms with Gasteiger partial charge in [-0.05, 0) is 12.8 Å². The van der Waals surface area contributed by atoms with Crippen molar-refractivity contribution in [3.8, 4) is 0 Å². The molecule has 0 fully saturated rings. The van der Waals surface area contributed by atoms with Crippen LogP contribution in [0.2, 0.25) is 0 Å². The van der Waals surface area contributed by atoms with Crippen LogP contribution >= 0.6 is 0 Å². The Labute approximate surface area is 54.2 Å². The van der Waals surface area contributed by atoms with Crippen LogP contribution in [0.1, 0.15) is 12.8 Å². The lowest BCUT2D eigenvalue weighted by Crippen LogP contribution is -2.15. The molecule has 0 amide bonds. The molecule has 0 aliphatic heterocycles. The second-order valence-electron chi connectivity index (χ2n) is 2.35. The van der Waals surface area contributed by atoms with Gasteiger partial charge in [0, 0.05) is 5.92 Å². The molecule has 0 saturated heterocycles. The van der Waals surface area contributed by atoms with Crippen LogP contribution in [0.5, 0.6) is 0 Å². The predicted molar refractivity (Wildman–Crippen MR) is 33.9 cm³/mol. The van der Waals surface area contributed by atoms with Gasteiger partial charge in [0.25, 0.3) is 0 Å². The minimum atomic E-state index is -0.301. The summed E-state index contributed by atoms with van der Waals surface area (Å²) in [6, 6.07) is 0. The van der Waals surface area contributed by atoms with Crippen molar-refractivity contribution >= 4 is 6.29 Å². The fourth-order valence-electron chi connectivity index (χ4n) is 1.00. The summed E-state index contributed by atoms with van der Waals surface area (Å²) in [5.41, 5.74) is 0. The van der Waals surface area contributed by atoms with E-state index >= 15 is 0 Å². The van der Waals surface area contributed by atoms with Gasteiger partial charge in [-0.1, -0.05) is 12.2 Å². The third-order valence-corrected chi connectivity index (χ3v) is 1.51. The van der Waals surface area contributed by atoms with Gasteiger partial charge in [0.1, 0.15) is 6.29 Å². The lowest BCUT2D eigenvalue weighted by Gasteiger charge is -2.15. The van der Waals surface area contributed by atoms with Crippen molar-refractivity contribution in [3.63, 3.8) is 0 Å². The summed E-state index contributed by atoms with van der Waals surface area (Å²) in [5.74, 6) is -0.0475. The fourth-order valence-corrected chi connectivity index (χ4v) is 1.00. The van der Waals surface area contributed by atoms with Crippen LogP contribution in [0.4, 0.5) is 0 Å². The molecule has 0 saturated carbocycles. The van der Waals surface area contributed by atoms with E-state index < -0.39 is 0 Å². The summed E-state index contributed by atoms with van der Waals surface area (Å²) in [6.07, 6.45) is 5.57. The van der Waals surface area contributed by atoms with Gasteiger partial charge in [0.2, 0.25) is 0 Å². The van der Waals surface area contributed by atoms with Crippen molar-refractivity contribution in [2.45, 2.75) is 18.9 Å². The molecule has 0 aromatic carbocycles. The van der Waals surface area contributed by atoms with Crippen molar-refractivity contribution in [1.29, 1.82) is 0 Å². The van der Waals surface area contributed by atoms with Crippen LogP contribution in [0, 0.1) is 5.92 Å². The number of hydrogen-bond acceptors (Lipinski definition) is 2. The maximum atomic E-state index is 10.1. The van der Waals surface area contributed by atoms with Crippen molar-refractivity contribution in [3.05, 3.63) is 12.2 Å². The van der Waals surface area contributed by atoms with Gasteiger partial charge in [-0.3, -0.25) is 0 Å². The largest absolute Gasteiger partial charge is 0.393 e. The molecule has 50 valence electrons. The summed E-state index contributed by atoms with van der Waals surface area (Å²) in [5, 5.41) is 9.00. The second kappa shape index (κ2) is 2.78. The summed E-state index contributed by atoms with van der Waals surface area (Å²) < 4.78 is 0. The van der Waals surface area contributed by atoms with Gasteiger partial charge in [-0.25, -0.2) is 0 Å². The highest BCUT2D eigenvalue weighted by Gasteiger charge is 2.13. The SMILES string of the molecule is O=CC1C=CCC(O)C1. The molecular weight excluding hydrogens is 116 g/mol. The zero-order valence-corrected chi connectivity index (χ0v) is 5.16. The number of aldehydes is 1. The molecule has 0 bridgehead atoms. The predicted octanol–water partition coefficient (Wildman–Crippen LogP) is 0.512. The van der Waals surface area contributed by atoms with Crippen molar-refractivity contribution in [2.75, 3.05) is 0 Å². The zero-order chi connectivity index (χ0) is 6.69. The van der Waals surface area contributed by atoms with Gasteiger partial charge in [0.15, 0.2) is 0 Å². The van der Waals surface area contributed by atoms with Gasteiger partial charge in [-0.2, -0.15) is 0 Å². The van der Waals surface area contributed by atoms with E-state index in [1.807, 2.05) is 12.2 Å². The van der Waals surface area contributed by atoms with E-state index in [1.165, 1.54) is 0 Å². The topological polar surface area (TPSA) is 37.3 Å². The Morgan fingerprint density at radius 2 is 2.44 bits per heavy atom. The molecule has 9 heavy (non-hydrogen) atoms. The maximum absolute atomic E-state index is 10.1. The first-order chi connectivity index (χ1) is 4.33. The van der Waals surface area contributed by atoms with E-state index in [0.29, 0.717) is 12.8 Å². The molecule has 2 atom stereocenters. The Kier molecular flexibility index (Phi) is 2.01. The molecule has 2 nitrogen and oxygen atoms in total. The van der Waals surface area contributed by atoms with Crippen molar-refractivity contribution in [2.24, 2.45) is 5.92 Å². The average molecular weight is 126 g/mol. The first kappa shape index (κ1) is 6.49. The van der Waals surface area contributed by atoms with Gasteiger partial charge >= 0.3 is 0 Å². The van der Waals surface area contributed by atoms with Crippen LogP contribution < -0.4 is 0 Å². The van der Waals surface area contributed by atoms with Crippen LogP contribution in [-0.2, 0) is 4.79 Å².